The van der Waals surface area contributed by atoms with Crippen LogP contribution in [0, 0.1) is 5.92 Å². The van der Waals surface area contributed by atoms with Crippen LogP contribution in [-0.2, 0) is 0 Å². The van der Waals surface area contributed by atoms with E-state index < -0.39 is 0 Å². The molecule has 0 aromatic carbocycles. The highest BCUT2D eigenvalue weighted by Gasteiger charge is 2.11. The molecule has 1 atom stereocenters. The molecule has 0 aliphatic carbocycles. The topological polar surface area (TPSA) is 29.3 Å². The molecule has 72 valence electrons. The van der Waals surface area contributed by atoms with Crippen molar-refractivity contribution in [2.75, 3.05) is 26.2 Å². The first-order valence-corrected chi connectivity index (χ1v) is 5.25. The van der Waals surface area contributed by atoms with E-state index in [1.54, 1.807) is 0 Å². The van der Waals surface area contributed by atoms with Crippen LogP contribution < -0.4 is 5.73 Å². The van der Waals surface area contributed by atoms with E-state index in [2.05, 4.69) is 11.8 Å². The highest BCUT2D eigenvalue weighted by Crippen LogP contribution is 2.12. The van der Waals surface area contributed by atoms with Crippen LogP contribution in [0.2, 0.25) is 0 Å². The third-order valence-electron chi connectivity index (χ3n) is 2.80. The third-order valence-corrected chi connectivity index (χ3v) is 2.80. The van der Waals surface area contributed by atoms with Crippen LogP contribution in [0.25, 0.3) is 0 Å². The smallest absolute Gasteiger partial charge is 0.00162 e. The van der Waals surface area contributed by atoms with Crippen molar-refractivity contribution in [3.63, 3.8) is 0 Å². The molecule has 1 aliphatic rings. The summed E-state index contributed by atoms with van der Waals surface area (Å²) in [5, 5.41) is 0. The molecule has 0 radical (unpaired) electrons. The number of hydrogen-bond acceptors (Lipinski definition) is 2. The largest absolute Gasteiger partial charge is 0.330 e. The van der Waals surface area contributed by atoms with E-state index >= 15 is 0 Å². The van der Waals surface area contributed by atoms with Gasteiger partial charge in [0.25, 0.3) is 0 Å². The van der Waals surface area contributed by atoms with Crippen LogP contribution >= 0.6 is 0 Å². The molecular formula is C10H22N2. The van der Waals surface area contributed by atoms with Crippen molar-refractivity contribution in [3.8, 4) is 0 Å². The van der Waals surface area contributed by atoms with Crippen LogP contribution in [0.5, 0.6) is 0 Å². The molecule has 2 N–H and O–H groups in total. The molecule has 1 aliphatic heterocycles. The van der Waals surface area contributed by atoms with Gasteiger partial charge in [-0.15, -0.1) is 0 Å². The standard InChI is InChI=1S/C10H22N2/c1-10(4-6-11)5-9-12-7-2-3-8-12/h10H,2-9,11H2,1H3. The first-order chi connectivity index (χ1) is 5.83. The van der Waals surface area contributed by atoms with Crippen LogP contribution in [0.1, 0.15) is 32.6 Å². The lowest BCUT2D eigenvalue weighted by atomic mass is 10.0. The van der Waals surface area contributed by atoms with Crippen molar-refractivity contribution in [2.24, 2.45) is 11.7 Å². The Labute approximate surface area is 76.1 Å². The fourth-order valence-electron chi connectivity index (χ4n) is 1.84. The summed E-state index contributed by atoms with van der Waals surface area (Å²) in [7, 11) is 0. The maximum absolute atomic E-state index is 5.50. The molecule has 0 amide bonds. The maximum atomic E-state index is 5.50. The average molecular weight is 170 g/mol. The second kappa shape index (κ2) is 5.55. The van der Waals surface area contributed by atoms with Crippen molar-refractivity contribution >= 4 is 0 Å². The van der Waals surface area contributed by atoms with Crippen LogP contribution in [-0.4, -0.2) is 31.1 Å². The Morgan fingerprint density at radius 3 is 2.50 bits per heavy atom. The van der Waals surface area contributed by atoms with Crippen LogP contribution in [0.3, 0.4) is 0 Å². The Morgan fingerprint density at radius 1 is 1.25 bits per heavy atom. The molecule has 1 unspecified atom stereocenters. The highest BCUT2D eigenvalue weighted by molar-refractivity contribution is 4.67. The second-order valence-electron chi connectivity index (χ2n) is 4.02. The maximum Gasteiger partial charge on any atom is -0.00162 e. The van der Waals surface area contributed by atoms with Gasteiger partial charge in [0.05, 0.1) is 0 Å². The normalized spacial score (nSPS) is 21.5. The van der Waals surface area contributed by atoms with Gasteiger partial charge < -0.3 is 10.6 Å². The predicted molar refractivity (Wildman–Crippen MR) is 53.1 cm³/mol. The SMILES string of the molecule is CC(CCN)CCN1CCCC1. The summed E-state index contributed by atoms with van der Waals surface area (Å²) in [6.45, 7) is 7.11. The summed E-state index contributed by atoms with van der Waals surface area (Å²) in [4.78, 5) is 2.58. The van der Waals surface area contributed by atoms with Crippen molar-refractivity contribution in [1.29, 1.82) is 0 Å². The first kappa shape index (κ1) is 10.0. The lowest BCUT2D eigenvalue weighted by molar-refractivity contribution is 0.304. The van der Waals surface area contributed by atoms with Crippen molar-refractivity contribution in [2.45, 2.75) is 32.6 Å². The molecule has 0 aromatic heterocycles. The highest BCUT2D eigenvalue weighted by atomic mass is 15.1. The number of nitrogens with zero attached hydrogens (tertiary/aromatic N) is 1. The van der Waals surface area contributed by atoms with Gasteiger partial charge in [0.15, 0.2) is 0 Å². The van der Waals surface area contributed by atoms with E-state index in [4.69, 9.17) is 5.73 Å². The van der Waals surface area contributed by atoms with Gasteiger partial charge in [-0.1, -0.05) is 6.92 Å². The Balaban J connectivity index is 1.99. The molecule has 0 spiro atoms. The van der Waals surface area contributed by atoms with Gasteiger partial charge in [0.1, 0.15) is 0 Å². The minimum atomic E-state index is 0.815. The second-order valence-corrected chi connectivity index (χ2v) is 4.02. The fraction of sp³-hybridized carbons (Fsp3) is 1.00. The van der Waals surface area contributed by atoms with Crippen molar-refractivity contribution < 1.29 is 0 Å². The number of nitrogens with two attached hydrogens (primary N) is 1. The summed E-state index contributed by atoms with van der Waals surface area (Å²) in [6.07, 6.45) is 5.33. The monoisotopic (exact) mass is 170 g/mol. The molecule has 2 heteroatoms. The predicted octanol–water partition coefficient (Wildman–Crippen LogP) is 1.46. The molecule has 1 heterocycles. The summed E-state index contributed by atoms with van der Waals surface area (Å²) in [5.74, 6) is 0.815. The summed E-state index contributed by atoms with van der Waals surface area (Å²) >= 11 is 0. The van der Waals surface area contributed by atoms with Crippen molar-refractivity contribution in [1.82, 2.24) is 4.90 Å². The molecule has 0 bridgehead atoms. The van der Waals surface area contributed by atoms with Gasteiger partial charge in [-0.25, -0.2) is 0 Å². The van der Waals surface area contributed by atoms with Gasteiger partial charge in [-0.05, 0) is 57.8 Å². The van der Waals surface area contributed by atoms with Crippen LogP contribution in [0.15, 0.2) is 0 Å². The molecule has 0 aromatic rings. The number of rotatable bonds is 5. The average Bonchev–Trinajstić information content (AvgIpc) is 2.53. The first-order valence-electron chi connectivity index (χ1n) is 5.25. The molecule has 1 rings (SSSR count). The van der Waals surface area contributed by atoms with E-state index in [0.717, 1.165) is 12.5 Å². The molecule has 1 saturated heterocycles. The molecule has 0 saturated carbocycles. The molecule has 2 nitrogen and oxygen atoms in total. The van der Waals surface area contributed by atoms with E-state index in [0.29, 0.717) is 0 Å². The van der Waals surface area contributed by atoms with Gasteiger partial charge >= 0.3 is 0 Å². The van der Waals surface area contributed by atoms with Gasteiger partial charge in [0.2, 0.25) is 0 Å². The zero-order chi connectivity index (χ0) is 8.81. The fourth-order valence-corrected chi connectivity index (χ4v) is 1.84. The summed E-state index contributed by atoms with van der Waals surface area (Å²) in [6, 6.07) is 0. The summed E-state index contributed by atoms with van der Waals surface area (Å²) < 4.78 is 0. The van der Waals surface area contributed by atoms with Gasteiger partial charge in [0, 0.05) is 0 Å². The van der Waals surface area contributed by atoms with Crippen LogP contribution in [0.4, 0.5) is 0 Å². The molecular weight excluding hydrogens is 148 g/mol. The lowest BCUT2D eigenvalue weighted by Crippen LogP contribution is -2.22. The zero-order valence-electron chi connectivity index (χ0n) is 8.26. The lowest BCUT2D eigenvalue weighted by Gasteiger charge is -2.17. The van der Waals surface area contributed by atoms with E-state index in [1.807, 2.05) is 0 Å². The molecule has 1 fully saturated rings. The Hall–Kier alpha value is -0.0800. The number of hydrogen-bond donors (Lipinski definition) is 1. The quantitative estimate of drug-likeness (QED) is 0.677. The van der Waals surface area contributed by atoms with Crippen molar-refractivity contribution in [3.05, 3.63) is 0 Å². The van der Waals surface area contributed by atoms with E-state index in [9.17, 15) is 0 Å². The number of likely N-dealkylation sites (tertiary alicyclic amines) is 1. The Kier molecular flexibility index (Phi) is 4.62. The molecule has 12 heavy (non-hydrogen) atoms. The third kappa shape index (κ3) is 3.55. The van der Waals surface area contributed by atoms with Gasteiger partial charge in [-0.2, -0.15) is 0 Å². The minimum Gasteiger partial charge on any atom is -0.330 e. The zero-order valence-corrected chi connectivity index (χ0v) is 8.26. The van der Waals surface area contributed by atoms with Gasteiger partial charge in [-0.3, -0.25) is 0 Å². The van der Waals surface area contributed by atoms with E-state index in [-0.39, 0.29) is 0 Å². The minimum absolute atomic E-state index is 0.815. The van der Waals surface area contributed by atoms with E-state index in [1.165, 1.54) is 45.3 Å². The Bertz CT molecular complexity index is 108. The summed E-state index contributed by atoms with van der Waals surface area (Å²) in [5.41, 5.74) is 5.50. The Morgan fingerprint density at radius 2 is 1.92 bits per heavy atom.